The van der Waals surface area contributed by atoms with Gasteiger partial charge in [0.05, 0.1) is 11.7 Å². The van der Waals surface area contributed by atoms with Crippen LogP contribution in [0.5, 0.6) is 0 Å². The molecule has 1 nitrogen and oxygen atoms in total. The van der Waals surface area contributed by atoms with Crippen molar-refractivity contribution in [3.05, 3.63) is 34.3 Å². The summed E-state index contributed by atoms with van der Waals surface area (Å²) in [4.78, 5) is 0. The zero-order valence-electron chi connectivity index (χ0n) is 11.0. The zero-order chi connectivity index (χ0) is 13.2. The van der Waals surface area contributed by atoms with Crippen molar-refractivity contribution in [1.82, 2.24) is 0 Å². The van der Waals surface area contributed by atoms with Crippen molar-refractivity contribution in [2.45, 2.75) is 50.7 Å². The van der Waals surface area contributed by atoms with Crippen molar-refractivity contribution in [2.75, 3.05) is 5.33 Å². The lowest BCUT2D eigenvalue weighted by atomic mass is 9.94. The summed E-state index contributed by atoms with van der Waals surface area (Å²) in [6.45, 7) is 4.38. The van der Waals surface area contributed by atoms with E-state index in [1.54, 1.807) is 0 Å². The lowest BCUT2D eigenvalue weighted by molar-refractivity contribution is -0.0201. The Morgan fingerprint density at radius 2 is 2.00 bits per heavy atom. The molecule has 0 N–H and O–H groups in total. The van der Waals surface area contributed by atoms with Gasteiger partial charge in [-0.2, -0.15) is 0 Å². The molecule has 1 aliphatic heterocycles. The molecule has 18 heavy (non-hydrogen) atoms. The summed E-state index contributed by atoms with van der Waals surface area (Å²) in [5.74, 6) is 0.539. The summed E-state index contributed by atoms with van der Waals surface area (Å²) in [5, 5.41) is 0.995. The topological polar surface area (TPSA) is 9.23 Å². The van der Waals surface area contributed by atoms with Gasteiger partial charge in [-0.1, -0.05) is 44.0 Å². The van der Waals surface area contributed by atoms with Gasteiger partial charge in [-0.3, -0.25) is 0 Å². The fourth-order valence-electron chi connectivity index (χ4n) is 2.58. The highest BCUT2D eigenvalue weighted by atomic mass is 79.9. The summed E-state index contributed by atoms with van der Waals surface area (Å²) in [5.41, 5.74) is 1.46. The quantitative estimate of drug-likeness (QED) is 0.651. The minimum Gasteiger partial charge on any atom is -0.372 e. The average molecular weight is 376 g/mol. The highest BCUT2D eigenvalue weighted by molar-refractivity contribution is 9.10. The normalized spacial score (nSPS) is 24.1. The van der Waals surface area contributed by atoms with E-state index in [0.29, 0.717) is 12.0 Å². The van der Waals surface area contributed by atoms with Gasteiger partial charge in [0.25, 0.3) is 0 Å². The molecule has 0 bridgehead atoms. The van der Waals surface area contributed by atoms with Crippen LogP contribution in [0, 0.1) is 0 Å². The Hall–Kier alpha value is 0.140. The van der Waals surface area contributed by atoms with Gasteiger partial charge in [-0.25, -0.2) is 0 Å². The number of rotatable bonds is 4. The Labute approximate surface area is 127 Å². The number of alkyl halides is 1. The van der Waals surface area contributed by atoms with Crippen LogP contribution in [-0.2, 0) is 4.74 Å². The second-order valence-electron chi connectivity index (χ2n) is 5.68. The number of hydrogen-bond donors (Lipinski definition) is 0. The average Bonchev–Trinajstić information content (AvgIpc) is 2.67. The van der Waals surface area contributed by atoms with Gasteiger partial charge >= 0.3 is 0 Å². The fourth-order valence-corrected chi connectivity index (χ4v) is 3.49. The molecule has 100 valence electrons. The molecular formula is C15H20Br2O. The van der Waals surface area contributed by atoms with Gasteiger partial charge in [0.1, 0.15) is 0 Å². The van der Waals surface area contributed by atoms with E-state index in [1.807, 2.05) is 0 Å². The van der Waals surface area contributed by atoms with Gasteiger partial charge < -0.3 is 4.74 Å². The van der Waals surface area contributed by atoms with Crippen molar-refractivity contribution in [3.63, 3.8) is 0 Å². The summed E-state index contributed by atoms with van der Waals surface area (Å²) in [6, 6.07) is 8.64. The van der Waals surface area contributed by atoms with Crippen LogP contribution in [0.15, 0.2) is 28.7 Å². The molecule has 0 aliphatic carbocycles. The van der Waals surface area contributed by atoms with Crippen molar-refractivity contribution in [1.29, 1.82) is 0 Å². The molecule has 1 heterocycles. The molecule has 1 aliphatic rings. The SMILES string of the molecule is CC1(C)CCC(CC(CBr)c2ccc(Br)cc2)O1. The lowest BCUT2D eigenvalue weighted by Crippen LogP contribution is -2.21. The highest BCUT2D eigenvalue weighted by Crippen LogP contribution is 2.35. The summed E-state index contributed by atoms with van der Waals surface area (Å²) < 4.78 is 7.23. The van der Waals surface area contributed by atoms with Crippen LogP contribution in [0.1, 0.15) is 44.6 Å². The lowest BCUT2D eigenvalue weighted by Gasteiger charge is -2.22. The fraction of sp³-hybridized carbons (Fsp3) is 0.600. The Kier molecular flexibility index (Phi) is 4.90. The van der Waals surface area contributed by atoms with Crippen molar-refractivity contribution >= 4 is 31.9 Å². The third kappa shape index (κ3) is 3.82. The minimum absolute atomic E-state index is 0.0707. The van der Waals surface area contributed by atoms with E-state index >= 15 is 0 Å². The van der Waals surface area contributed by atoms with Gasteiger partial charge in [-0.05, 0) is 56.7 Å². The van der Waals surface area contributed by atoms with E-state index in [9.17, 15) is 0 Å². The van der Waals surface area contributed by atoms with Crippen LogP contribution in [0.3, 0.4) is 0 Å². The molecule has 2 atom stereocenters. The zero-order valence-corrected chi connectivity index (χ0v) is 14.1. The van der Waals surface area contributed by atoms with Gasteiger partial charge in [0.2, 0.25) is 0 Å². The van der Waals surface area contributed by atoms with Crippen LogP contribution in [0.2, 0.25) is 0 Å². The molecule has 0 spiro atoms. The first-order valence-corrected chi connectivity index (χ1v) is 8.41. The van der Waals surface area contributed by atoms with Crippen LogP contribution in [-0.4, -0.2) is 17.0 Å². The van der Waals surface area contributed by atoms with Gasteiger partial charge in [0.15, 0.2) is 0 Å². The predicted molar refractivity (Wildman–Crippen MR) is 83.5 cm³/mol. The Morgan fingerprint density at radius 3 is 2.50 bits per heavy atom. The van der Waals surface area contributed by atoms with E-state index < -0.39 is 0 Å². The summed E-state index contributed by atoms with van der Waals surface area (Å²) in [6.07, 6.45) is 3.88. The van der Waals surface area contributed by atoms with Crippen LogP contribution in [0.4, 0.5) is 0 Å². The maximum atomic E-state index is 6.10. The van der Waals surface area contributed by atoms with E-state index in [-0.39, 0.29) is 5.60 Å². The first-order chi connectivity index (χ1) is 8.50. The van der Waals surface area contributed by atoms with E-state index in [0.717, 1.165) is 16.2 Å². The molecule has 0 amide bonds. The first-order valence-electron chi connectivity index (χ1n) is 6.49. The number of halogens is 2. The number of ether oxygens (including phenoxy) is 1. The molecule has 1 fully saturated rings. The summed E-state index contributed by atoms with van der Waals surface area (Å²) in [7, 11) is 0. The molecule has 1 aromatic rings. The third-order valence-corrected chi connectivity index (χ3v) is 4.94. The van der Waals surface area contributed by atoms with Gasteiger partial charge in [0, 0.05) is 9.80 Å². The van der Waals surface area contributed by atoms with Gasteiger partial charge in [-0.15, -0.1) is 0 Å². The largest absolute Gasteiger partial charge is 0.372 e. The van der Waals surface area contributed by atoms with Crippen molar-refractivity contribution in [3.8, 4) is 0 Å². The maximum absolute atomic E-state index is 6.10. The Morgan fingerprint density at radius 1 is 1.33 bits per heavy atom. The Balaban J connectivity index is 2.00. The number of hydrogen-bond acceptors (Lipinski definition) is 1. The summed E-state index contributed by atoms with van der Waals surface area (Å²) >= 11 is 7.12. The van der Waals surface area contributed by atoms with E-state index in [1.165, 1.54) is 18.4 Å². The molecule has 2 rings (SSSR count). The second-order valence-corrected chi connectivity index (χ2v) is 7.24. The first kappa shape index (κ1) is 14.5. The highest BCUT2D eigenvalue weighted by Gasteiger charge is 2.32. The smallest absolute Gasteiger partial charge is 0.0631 e. The Bertz CT molecular complexity index is 386. The van der Waals surface area contributed by atoms with E-state index in [2.05, 4.69) is 70.0 Å². The van der Waals surface area contributed by atoms with Crippen LogP contribution >= 0.6 is 31.9 Å². The molecule has 1 saturated heterocycles. The van der Waals surface area contributed by atoms with Crippen molar-refractivity contribution < 1.29 is 4.74 Å². The molecular weight excluding hydrogens is 356 g/mol. The standard InChI is InChI=1S/C15H20Br2O/c1-15(2)8-7-14(18-15)9-12(10-16)11-3-5-13(17)6-4-11/h3-6,12,14H,7-10H2,1-2H3. The molecule has 0 radical (unpaired) electrons. The van der Waals surface area contributed by atoms with Crippen molar-refractivity contribution in [2.24, 2.45) is 0 Å². The maximum Gasteiger partial charge on any atom is 0.0631 e. The number of benzene rings is 1. The minimum atomic E-state index is 0.0707. The predicted octanol–water partition coefficient (Wildman–Crippen LogP) is 5.28. The molecule has 2 unspecified atom stereocenters. The van der Waals surface area contributed by atoms with E-state index in [4.69, 9.17) is 4.74 Å². The van der Waals surface area contributed by atoms with Crippen LogP contribution < -0.4 is 0 Å². The monoisotopic (exact) mass is 374 g/mol. The molecule has 0 saturated carbocycles. The third-order valence-electron chi connectivity index (χ3n) is 3.63. The molecule has 0 aromatic heterocycles. The second kappa shape index (κ2) is 6.06. The van der Waals surface area contributed by atoms with Crippen LogP contribution in [0.25, 0.3) is 0 Å². The molecule has 1 aromatic carbocycles. The molecule has 3 heteroatoms.